The number of carbonyl (C=O) groups excluding carboxylic acids is 3. The molecule has 79 heavy (non-hydrogen) atoms. The Kier molecular flexibility index (Phi) is 62.3. The van der Waals surface area contributed by atoms with Gasteiger partial charge in [0.05, 0.1) is 0 Å². The van der Waals surface area contributed by atoms with Crippen LogP contribution in [-0.2, 0) is 28.6 Å². The molecule has 1 atom stereocenters. The second kappa shape index (κ2) is 66.1. The molecule has 0 aliphatic rings. The van der Waals surface area contributed by atoms with Crippen molar-refractivity contribution in [2.75, 3.05) is 13.2 Å². The van der Waals surface area contributed by atoms with Crippen LogP contribution in [0.15, 0.2) is 134 Å². The zero-order valence-corrected chi connectivity index (χ0v) is 51.3. The largest absolute Gasteiger partial charge is 0.462 e. The molecule has 0 rings (SSSR count). The summed E-state index contributed by atoms with van der Waals surface area (Å²) in [5.74, 6) is -0.922. The van der Waals surface area contributed by atoms with Gasteiger partial charge < -0.3 is 14.2 Å². The Morgan fingerprint density at radius 3 is 0.785 bits per heavy atom. The molecule has 0 saturated heterocycles. The van der Waals surface area contributed by atoms with E-state index in [-0.39, 0.29) is 31.1 Å². The highest BCUT2D eigenvalue weighted by Crippen LogP contribution is 2.15. The molecule has 0 aromatic heterocycles. The molecule has 0 bridgehead atoms. The summed E-state index contributed by atoms with van der Waals surface area (Å²) in [6, 6.07) is 0. The third-order valence-electron chi connectivity index (χ3n) is 13.6. The fraction of sp³-hybridized carbons (Fsp3) is 0.658. The molecule has 0 amide bonds. The molecule has 0 aromatic rings. The van der Waals surface area contributed by atoms with Gasteiger partial charge in [0.15, 0.2) is 6.10 Å². The van der Waals surface area contributed by atoms with Gasteiger partial charge in [-0.2, -0.15) is 0 Å². The molecule has 0 heterocycles. The number of hydrogen-bond acceptors (Lipinski definition) is 6. The quantitative estimate of drug-likeness (QED) is 0.0261. The lowest BCUT2D eigenvalue weighted by Crippen LogP contribution is -2.30. The number of ether oxygens (including phenoxy) is 3. The molecule has 0 spiro atoms. The second-order valence-corrected chi connectivity index (χ2v) is 21.3. The van der Waals surface area contributed by atoms with E-state index in [1.165, 1.54) is 103 Å². The van der Waals surface area contributed by atoms with Gasteiger partial charge in [-0.3, -0.25) is 14.4 Å². The predicted molar refractivity (Wildman–Crippen MR) is 343 cm³/mol. The Hall–Kier alpha value is -4.45. The molecule has 0 aliphatic heterocycles. The number of hydrogen-bond donors (Lipinski definition) is 0. The SMILES string of the molecule is CC/C=C\C/C=C\C/C=C\C/C=C\C/C=C\C/C=C\C/C=C\C/C=C\C/C=C\C/C=C\CCCCCCC(=O)OCC(COC(=O)CCCCCCCCCCCCC)OC(=O)CCCCCCC/C=C\CCCCCCCC. The lowest BCUT2D eigenvalue weighted by Gasteiger charge is -2.18. The van der Waals surface area contributed by atoms with E-state index in [4.69, 9.17) is 14.2 Å². The standard InChI is InChI=1S/C73H120O6/c1-4-7-10-13-16-19-22-24-26-27-28-29-30-31-32-33-34-35-36-37-38-39-40-41-42-43-44-45-47-48-51-54-57-60-63-66-72(75)78-69-70(68-77-71(74)65-62-59-56-53-50-21-18-15-12-9-6-3)79-73(76)67-64-61-58-55-52-49-46-25-23-20-17-14-11-8-5-2/h7,10,16,19,24-26,28-29,31-32,34-35,37-38,40-41,43-44,46-48,70H,4-6,8-9,11-15,17-18,20-23,27,30,33,36,39,42,45,49-69H2,1-3H3/b10-7-,19-16-,26-24-,29-28-,32-31-,35-34-,38-37-,41-40-,44-43-,46-25-,48-47-. The molecular formula is C73H120O6. The summed E-state index contributed by atoms with van der Waals surface area (Å²) in [5.41, 5.74) is 0. The number of carbonyl (C=O) groups is 3. The molecule has 448 valence electrons. The highest BCUT2D eigenvalue weighted by Gasteiger charge is 2.19. The third-order valence-corrected chi connectivity index (χ3v) is 13.6. The van der Waals surface area contributed by atoms with Gasteiger partial charge in [-0.05, 0) is 122 Å². The maximum absolute atomic E-state index is 12.9. The predicted octanol–water partition coefficient (Wildman–Crippen LogP) is 22.5. The molecule has 0 N–H and O–H groups in total. The maximum atomic E-state index is 12.9. The molecule has 6 nitrogen and oxygen atoms in total. The average Bonchev–Trinajstić information content (AvgIpc) is 3.45. The monoisotopic (exact) mass is 1090 g/mol. The summed E-state index contributed by atoms with van der Waals surface area (Å²) in [4.78, 5) is 38.2. The van der Waals surface area contributed by atoms with Crippen molar-refractivity contribution in [3.8, 4) is 0 Å². The zero-order chi connectivity index (χ0) is 57.1. The van der Waals surface area contributed by atoms with Crippen LogP contribution in [0, 0.1) is 0 Å². The minimum atomic E-state index is -0.794. The number of rotatable bonds is 58. The zero-order valence-electron chi connectivity index (χ0n) is 51.3. The molecule has 0 aliphatic carbocycles. The second-order valence-electron chi connectivity index (χ2n) is 21.3. The number of unbranched alkanes of at least 4 members (excludes halogenated alkanes) is 25. The Bertz CT molecular complexity index is 1680. The van der Waals surface area contributed by atoms with E-state index in [0.29, 0.717) is 19.3 Å². The van der Waals surface area contributed by atoms with Crippen molar-refractivity contribution in [1.82, 2.24) is 0 Å². The van der Waals surface area contributed by atoms with Gasteiger partial charge in [0, 0.05) is 19.3 Å². The lowest BCUT2D eigenvalue weighted by atomic mass is 10.1. The topological polar surface area (TPSA) is 78.9 Å². The first-order valence-corrected chi connectivity index (χ1v) is 32.7. The molecule has 6 heteroatoms. The highest BCUT2D eigenvalue weighted by molar-refractivity contribution is 5.71. The molecule has 0 fully saturated rings. The summed E-state index contributed by atoms with van der Waals surface area (Å²) in [7, 11) is 0. The van der Waals surface area contributed by atoms with Crippen LogP contribution in [0.3, 0.4) is 0 Å². The Balaban J connectivity index is 4.29. The van der Waals surface area contributed by atoms with Gasteiger partial charge in [0.1, 0.15) is 13.2 Å². The third kappa shape index (κ3) is 64.3. The fourth-order valence-corrected chi connectivity index (χ4v) is 8.76. The van der Waals surface area contributed by atoms with E-state index in [1.807, 2.05) is 0 Å². The Labute approximate surface area is 487 Å². The van der Waals surface area contributed by atoms with E-state index in [9.17, 15) is 14.4 Å². The fourth-order valence-electron chi connectivity index (χ4n) is 8.76. The highest BCUT2D eigenvalue weighted by atomic mass is 16.6. The van der Waals surface area contributed by atoms with Crippen molar-refractivity contribution >= 4 is 17.9 Å². The molecule has 0 radical (unpaired) electrons. The summed E-state index contributed by atoms with van der Waals surface area (Å²) in [5, 5.41) is 0. The average molecular weight is 1090 g/mol. The van der Waals surface area contributed by atoms with Crippen molar-refractivity contribution in [2.24, 2.45) is 0 Å². The normalized spacial score (nSPS) is 13.0. The van der Waals surface area contributed by atoms with Crippen LogP contribution in [0.1, 0.15) is 290 Å². The van der Waals surface area contributed by atoms with Gasteiger partial charge in [0.25, 0.3) is 0 Å². The molecule has 1 unspecified atom stereocenters. The lowest BCUT2D eigenvalue weighted by molar-refractivity contribution is -0.167. The van der Waals surface area contributed by atoms with Crippen LogP contribution in [0.4, 0.5) is 0 Å². The first-order valence-electron chi connectivity index (χ1n) is 32.7. The first-order chi connectivity index (χ1) is 39.0. The van der Waals surface area contributed by atoms with Crippen molar-refractivity contribution in [3.63, 3.8) is 0 Å². The Morgan fingerprint density at radius 1 is 0.266 bits per heavy atom. The van der Waals surface area contributed by atoms with E-state index in [0.717, 1.165) is 148 Å². The molecule has 0 aromatic carbocycles. The summed E-state index contributed by atoms with van der Waals surface area (Å²) in [6.07, 6.45) is 93.2. The minimum Gasteiger partial charge on any atom is -0.462 e. The Morgan fingerprint density at radius 2 is 0.494 bits per heavy atom. The van der Waals surface area contributed by atoms with Gasteiger partial charge >= 0.3 is 17.9 Å². The molecule has 0 saturated carbocycles. The smallest absolute Gasteiger partial charge is 0.306 e. The van der Waals surface area contributed by atoms with Crippen LogP contribution >= 0.6 is 0 Å². The summed E-state index contributed by atoms with van der Waals surface area (Å²) < 4.78 is 16.9. The van der Waals surface area contributed by atoms with Crippen LogP contribution in [0.25, 0.3) is 0 Å². The minimum absolute atomic E-state index is 0.0895. The van der Waals surface area contributed by atoms with Gasteiger partial charge in [0.2, 0.25) is 0 Å². The summed E-state index contributed by atoms with van der Waals surface area (Å²) in [6.45, 7) is 6.49. The molecular weight excluding hydrogens is 973 g/mol. The van der Waals surface area contributed by atoms with Crippen LogP contribution in [0.2, 0.25) is 0 Å². The van der Waals surface area contributed by atoms with Crippen molar-refractivity contribution in [1.29, 1.82) is 0 Å². The first kappa shape index (κ1) is 74.5. The maximum Gasteiger partial charge on any atom is 0.306 e. The van der Waals surface area contributed by atoms with E-state index >= 15 is 0 Å². The van der Waals surface area contributed by atoms with Gasteiger partial charge in [-0.25, -0.2) is 0 Å². The van der Waals surface area contributed by atoms with E-state index in [1.54, 1.807) is 0 Å². The van der Waals surface area contributed by atoms with Gasteiger partial charge in [-0.1, -0.05) is 283 Å². The number of allylic oxidation sites excluding steroid dienone is 22. The van der Waals surface area contributed by atoms with Crippen LogP contribution in [0.5, 0.6) is 0 Å². The van der Waals surface area contributed by atoms with Crippen LogP contribution in [-0.4, -0.2) is 37.2 Å². The summed E-state index contributed by atoms with van der Waals surface area (Å²) >= 11 is 0. The van der Waals surface area contributed by atoms with Crippen molar-refractivity contribution in [2.45, 2.75) is 297 Å². The van der Waals surface area contributed by atoms with E-state index in [2.05, 4.69) is 154 Å². The van der Waals surface area contributed by atoms with E-state index < -0.39 is 6.10 Å². The van der Waals surface area contributed by atoms with Crippen molar-refractivity contribution in [3.05, 3.63) is 134 Å². The van der Waals surface area contributed by atoms with Gasteiger partial charge in [-0.15, -0.1) is 0 Å². The number of esters is 3. The van der Waals surface area contributed by atoms with Crippen LogP contribution < -0.4 is 0 Å². The van der Waals surface area contributed by atoms with Crippen molar-refractivity contribution < 1.29 is 28.6 Å².